The second kappa shape index (κ2) is 10.8. The van der Waals surface area contributed by atoms with E-state index < -0.39 is 0 Å². The Balaban J connectivity index is 1.83. The van der Waals surface area contributed by atoms with Crippen LogP contribution >= 0.6 is 11.8 Å². The highest BCUT2D eigenvalue weighted by Crippen LogP contribution is 2.26. The average molecular weight is 359 g/mol. The Labute approximate surface area is 154 Å². The minimum atomic E-state index is 0.0265. The van der Waals surface area contributed by atoms with Gasteiger partial charge in [-0.1, -0.05) is 26.2 Å². The molecular weight excluding hydrogens is 332 g/mol. The lowest BCUT2D eigenvalue weighted by molar-refractivity contribution is 0.108. The number of thioether (sulfide) groups is 1. The van der Waals surface area contributed by atoms with Crippen molar-refractivity contribution in [2.45, 2.75) is 44.4 Å². The van der Waals surface area contributed by atoms with Gasteiger partial charge in [0, 0.05) is 10.5 Å². The van der Waals surface area contributed by atoms with E-state index in [-0.39, 0.29) is 5.12 Å². The van der Waals surface area contributed by atoms with Gasteiger partial charge in [0.1, 0.15) is 11.5 Å². The highest BCUT2D eigenvalue weighted by Gasteiger charge is 2.08. The third-order valence-electron chi connectivity index (χ3n) is 3.70. The molecule has 0 aliphatic heterocycles. The van der Waals surface area contributed by atoms with E-state index in [1.54, 1.807) is 0 Å². The molecule has 2 aromatic carbocycles. The highest BCUT2D eigenvalue weighted by atomic mass is 32.2. The summed E-state index contributed by atoms with van der Waals surface area (Å²) in [6.07, 6.45) is 4.75. The summed E-state index contributed by atoms with van der Waals surface area (Å²) in [6.45, 7) is 5.51. The van der Waals surface area contributed by atoms with Crippen molar-refractivity contribution in [2.24, 2.45) is 0 Å². The van der Waals surface area contributed by atoms with E-state index in [4.69, 9.17) is 9.47 Å². The van der Waals surface area contributed by atoms with Gasteiger partial charge in [-0.05, 0) is 73.6 Å². The standard InChI is InChI=1S/C21H26O3S/c1-3-5-6-7-16-24-19-10-8-17(9-11-19)21(22)25-20-14-12-18(13-15-20)23-4-2/h8-15H,3-7,16H2,1-2H3. The number of hydrogen-bond donors (Lipinski definition) is 0. The van der Waals surface area contributed by atoms with Gasteiger partial charge in [-0.3, -0.25) is 4.79 Å². The molecule has 0 spiro atoms. The lowest BCUT2D eigenvalue weighted by Gasteiger charge is -2.07. The van der Waals surface area contributed by atoms with E-state index in [1.165, 1.54) is 31.0 Å². The summed E-state index contributed by atoms with van der Waals surface area (Å²) in [5.41, 5.74) is 0.678. The summed E-state index contributed by atoms with van der Waals surface area (Å²) in [5, 5.41) is 0.0265. The highest BCUT2D eigenvalue weighted by molar-refractivity contribution is 8.14. The summed E-state index contributed by atoms with van der Waals surface area (Å²) in [6, 6.07) is 15.0. The summed E-state index contributed by atoms with van der Waals surface area (Å²) >= 11 is 1.22. The Kier molecular flexibility index (Phi) is 8.40. The first-order valence-electron chi connectivity index (χ1n) is 8.90. The van der Waals surface area contributed by atoms with Gasteiger partial charge in [0.2, 0.25) is 5.12 Å². The first kappa shape index (κ1) is 19.4. The fourth-order valence-corrected chi connectivity index (χ4v) is 3.08. The molecule has 2 aromatic rings. The van der Waals surface area contributed by atoms with Crippen molar-refractivity contribution < 1.29 is 14.3 Å². The Morgan fingerprint density at radius 2 is 1.48 bits per heavy atom. The van der Waals surface area contributed by atoms with Gasteiger partial charge in [0.15, 0.2) is 0 Å². The van der Waals surface area contributed by atoms with Crippen LogP contribution < -0.4 is 9.47 Å². The predicted octanol–water partition coefficient (Wildman–Crippen LogP) is 5.98. The van der Waals surface area contributed by atoms with Crippen LogP contribution in [0.5, 0.6) is 11.5 Å². The van der Waals surface area contributed by atoms with Crippen LogP contribution in [0.25, 0.3) is 0 Å². The fraction of sp³-hybridized carbons (Fsp3) is 0.381. The van der Waals surface area contributed by atoms with Crippen LogP contribution in [0.15, 0.2) is 53.4 Å². The van der Waals surface area contributed by atoms with Crippen LogP contribution in [-0.2, 0) is 0 Å². The maximum Gasteiger partial charge on any atom is 0.224 e. The van der Waals surface area contributed by atoms with Gasteiger partial charge in [-0.2, -0.15) is 0 Å². The Bertz CT molecular complexity index is 635. The number of carbonyl (C=O) groups is 1. The molecule has 0 heterocycles. The summed E-state index contributed by atoms with van der Waals surface area (Å²) in [4.78, 5) is 13.3. The first-order valence-corrected chi connectivity index (χ1v) is 9.72. The first-order chi connectivity index (χ1) is 12.2. The number of benzene rings is 2. The zero-order valence-corrected chi connectivity index (χ0v) is 15.8. The second-order valence-electron chi connectivity index (χ2n) is 5.73. The monoisotopic (exact) mass is 358 g/mol. The van der Waals surface area contributed by atoms with Crippen molar-refractivity contribution in [3.8, 4) is 11.5 Å². The second-order valence-corrected chi connectivity index (χ2v) is 6.77. The molecule has 0 atom stereocenters. The zero-order chi connectivity index (χ0) is 17.9. The molecule has 0 unspecified atom stereocenters. The van der Waals surface area contributed by atoms with E-state index in [0.29, 0.717) is 12.2 Å². The predicted molar refractivity (Wildman–Crippen MR) is 104 cm³/mol. The van der Waals surface area contributed by atoms with Crippen molar-refractivity contribution in [2.75, 3.05) is 13.2 Å². The molecule has 0 saturated heterocycles. The van der Waals surface area contributed by atoms with E-state index in [9.17, 15) is 4.79 Å². The molecule has 0 fully saturated rings. The molecule has 0 N–H and O–H groups in total. The molecule has 134 valence electrons. The maximum atomic E-state index is 12.4. The van der Waals surface area contributed by atoms with E-state index >= 15 is 0 Å². The van der Waals surface area contributed by atoms with Gasteiger partial charge >= 0.3 is 0 Å². The van der Waals surface area contributed by atoms with Crippen LogP contribution in [0, 0.1) is 0 Å². The normalized spacial score (nSPS) is 10.5. The smallest absolute Gasteiger partial charge is 0.224 e. The minimum absolute atomic E-state index is 0.0265. The Morgan fingerprint density at radius 1 is 0.840 bits per heavy atom. The SMILES string of the molecule is CCCCCCOc1ccc(C(=O)Sc2ccc(OCC)cc2)cc1. The summed E-state index contributed by atoms with van der Waals surface area (Å²) in [5.74, 6) is 1.64. The van der Waals surface area contributed by atoms with Crippen LogP contribution in [-0.4, -0.2) is 18.3 Å². The van der Waals surface area contributed by atoms with Crippen molar-refractivity contribution in [3.05, 3.63) is 54.1 Å². The number of rotatable bonds is 10. The van der Waals surface area contributed by atoms with Crippen LogP contribution in [0.3, 0.4) is 0 Å². The van der Waals surface area contributed by atoms with Gasteiger partial charge < -0.3 is 9.47 Å². The third-order valence-corrected chi connectivity index (χ3v) is 4.63. The molecule has 0 saturated carbocycles. The molecule has 0 radical (unpaired) electrons. The topological polar surface area (TPSA) is 35.5 Å². The number of hydrogen-bond acceptors (Lipinski definition) is 4. The molecule has 0 aromatic heterocycles. The van der Waals surface area contributed by atoms with Gasteiger partial charge in [-0.15, -0.1) is 0 Å². The van der Waals surface area contributed by atoms with Crippen molar-refractivity contribution >= 4 is 16.9 Å². The molecular formula is C21H26O3S. The molecule has 0 aliphatic carbocycles. The van der Waals surface area contributed by atoms with E-state index in [0.717, 1.165) is 29.4 Å². The molecule has 0 aliphatic rings. The van der Waals surface area contributed by atoms with E-state index in [1.807, 2.05) is 55.5 Å². The van der Waals surface area contributed by atoms with Gasteiger partial charge in [0.25, 0.3) is 0 Å². The quantitative estimate of drug-likeness (QED) is 0.387. The maximum absolute atomic E-state index is 12.4. The molecule has 0 bridgehead atoms. The molecule has 4 heteroatoms. The zero-order valence-electron chi connectivity index (χ0n) is 15.0. The number of unbranched alkanes of at least 4 members (excludes halogenated alkanes) is 3. The van der Waals surface area contributed by atoms with Crippen LogP contribution in [0.1, 0.15) is 49.9 Å². The average Bonchev–Trinajstić information content (AvgIpc) is 2.64. The summed E-state index contributed by atoms with van der Waals surface area (Å²) in [7, 11) is 0. The molecule has 25 heavy (non-hydrogen) atoms. The lowest BCUT2D eigenvalue weighted by atomic mass is 10.2. The van der Waals surface area contributed by atoms with E-state index in [2.05, 4.69) is 6.92 Å². The Hall–Kier alpha value is -1.94. The largest absolute Gasteiger partial charge is 0.494 e. The van der Waals surface area contributed by atoms with Crippen LogP contribution in [0.2, 0.25) is 0 Å². The van der Waals surface area contributed by atoms with Gasteiger partial charge in [-0.25, -0.2) is 0 Å². The minimum Gasteiger partial charge on any atom is -0.494 e. The third kappa shape index (κ3) is 6.83. The Morgan fingerprint density at radius 3 is 2.12 bits per heavy atom. The molecule has 2 rings (SSSR count). The van der Waals surface area contributed by atoms with Crippen molar-refractivity contribution in [1.82, 2.24) is 0 Å². The number of carbonyl (C=O) groups excluding carboxylic acids is 1. The van der Waals surface area contributed by atoms with Crippen molar-refractivity contribution in [3.63, 3.8) is 0 Å². The fourth-order valence-electron chi connectivity index (χ4n) is 2.34. The van der Waals surface area contributed by atoms with Gasteiger partial charge in [0.05, 0.1) is 13.2 Å². The molecule has 3 nitrogen and oxygen atoms in total. The summed E-state index contributed by atoms with van der Waals surface area (Å²) < 4.78 is 11.1. The van der Waals surface area contributed by atoms with Crippen LogP contribution in [0.4, 0.5) is 0 Å². The lowest BCUT2D eigenvalue weighted by Crippen LogP contribution is -1.98. The molecule has 0 amide bonds. The number of ether oxygens (including phenoxy) is 2. The van der Waals surface area contributed by atoms with Crippen molar-refractivity contribution in [1.29, 1.82) is 0 Å².